The standard InChI is InChI=1S/C15H23NO2/c1-3-7-13-8-5-6-9-15(13)18-12-14(17)11-16-10-4-2/h3,5-6,8-9,14,16-17H,1,4,7,10-12H2,2H3. The van der Waals surface area contributed by atoms with Gasteiger partial charge in [-0.1, -0.05) is 31.2 Å². The molecule has 0 aliphatic carbocycles. The maximum atomic E-state index is 9.75. The van der Waals surface area contributed by atoms with Gasteiger partial charge in [-0.25, -0.2) is 0 Å². The molecule has 100 valence electrons. The second-order valence-corrected chi connectivity index (χ2v) is 4.27. The number of para-hydroxylation sites is 1. The minimum atomic E-state index is -0.478. The van der Waals surface area contributed by atoms with Crippen LogP contribution < -0.4 is 10.1 Å². The molecule has 3 nitrogen and oxygen atoms in total. The van der Waals surface area contributed by atoms with Crippen molar-refractivity contribution in [2.24, 2.45) is 0 Å². The average molecular weight is 249 g/mol. The summed E-state index contributed by atoms with van der Waals surface area (Å²) in [5.41, 5.74) is 1.10. The molecule has 0 heterocycles. The third kappa shape index (κ3) is 5.34. The van der Waals surface area contributed by atoms with Crippen LogP contribution in [-0.2, 0) is 6.42 Å². The Morgan fingerprint density at radius 1 is 1.44 bits per heavy atom. The first-order valence-corrected chi connectivity index (χ1v) is 6.48. The molecule has 18 heavy (non-hydrogen) atoms. The van der Waals surface area contributed by atoms with E-state index in [1.165, 1.54) is 0 Å². The van der Waals surface area contributed by atoms with Crippen LogP contribution in [0, 0.1) is 0 Å². The fourth-order valence-corrected chi connectivity index (χ4v) is 1.66. The van der Waals surface area contributed by atoms with E-state index in [0.29, 0.717) is 13.2 Å². The van der Waals surface area contributed by atoms with Crippen LogP contribution in [0.15, 0.2) is 36.9 Å². The van der Waals surface area contributed by atoms with E-state index in [-0.39, 0.29) is 0 Å². The first kappa shape index (κ1) is 14.7. The largest absolute Gasteiger partial charge is 0.491 e. The second-order valence-electron chi connectivity index (χ2n) is 4.27. The highest BCUT2D eigenvalue weighted by atomic mass is 16.5. The van der Waals surface area contributed by atoms with Crippen molar-refractivity contribution in [2.45, 2.75) is 25.9 Å². The lowest BCUT2D eigenvalue weighted by molar-refractivity contribution is 0.106. The van der Waals surface area contributed by atoms with Gasteiger partial charge in [-0.3, -0.25) is 0 Å². The summed E-state index contributed by atoms with van der Waals surface area (Å²) in [4.78, 5) is 0. The van der Waals surface area contributed by atoms with E-state index in [4.69, 9.17) is 4.74 Å². The number of nitrogens with one attached hydrogen (secondary N) is 1. The van der Waals surface area contributed by atoms with Gasteiger partial charge in [-0.2, -0.15) is 0 Å². The molecule has 2 N–H and O–H groups in total. The predicted octanol–water partition coefficient (Wildman–Crippen LogP) is 2.15. The Kier molecular flexibility index (Phi) is 7.14. The monoisotopic (exact) mass is 249 g/mol. The van der Waals surface area contributed by atoms with Crippen LogP contribution in [0.5, 0.6) is 5.75 Å². The van der Waals surface area contributed by atoms with Gasteiger partial charge in [-0.15, -0.1) is 6.58 Å². The lowest BCUT2D eigenvalue weighted by Gasteiger charge is -2.15. The molecule has 1 aromatic carbocycles. The first-order valence-electron chi connectivity index (χ1n) is 6.48. The van der Waals surface area contributed by atoms with Crippen molar-refractivity contribution in [1.29, 1.82) is 0 Å². The second kappa shape index (κ2) is 8.72. The molecule has 1 unspecified atom stereocenters. The SMILES string of the molecule is C=CCc1ccccc1OCC(O)CNCCC. The third-order valence-corrected chi connectivity index (χ3v) is 2.57. The van der Waals surface area contributed by atoms with Gasteiger partial charge in [0.25, 0.3) is 0 Å². The fourth-order valence-electron chi connectivity index (χ4n) is 1.66. The lowest BCUT2D eigenvalue weighted by atomic mass is 10.1. The molecule has 0 aliphatic rings. The van der Waals surface area contributed by atoms with E-state index in [9.17, 15) is 5.11 Å². The molecule has 0 spiro atoms. The van der Waals surface area contributed by atoms with Gasteiger partial charge in [0.2, 0.25) is 0 Å². The van der Waals surface area contributed by atoms with Crippen LogP contribution >= 0.6 is 0 Å². The molecule has 0 aliphatic heterocycles. The Hall–Kier alpha value is -1.32. The summed E-state index contributed by atoms with van der Waals surface area (Å²) >= 11 is 0. The predicted molar refractivity (Wildman–Crippen MR) is 75.0 cm³/mol. The molecule has 0 saturated heterocycles. The molecule has 0 fully saturated rings. The number of allylic oxidation sites excluding steroid dienone is 1. The van der Waals surface area contributed by atoms with Crippen LogP contribution in [0.2, 0.25) is 0 Å². The Morgan fingerprint density at radius 3 is 2.94 bits per heavy atom. The third-order valence-electron chi connectivity index (χ3n) is 2.57. The van der Waals surface area contributed by atoms with Crippen molar-refractivity contribution in [3.63, 3.8) is 0 Å². The topological polar surface area (TPSA) is 41.5 Å². The lowest BCUT2D eigenvalue weighted by Crippen LogP contribution is -2.31. The number of ether oxygens (including phenoxy) is 1. The van der Waals surface area contributed by atoms with Gasteiger partial charge in [0.1, 0.15) is 18.5 Å². The Morgan fingerprint density at radius 2 is 2.22 bits per heavy atom. The number of aliphatic hydroxyl groups is 1. The fraction of sp³-hybridized carbons (Fsp3) is 0.467. The van der Waals surface area contributed by atoms with E-state index in [0.717, 1.165) is 30.7 Å². The van der Waals surface area contributed by atoms with E-state index in [2.05, 4.69) is 18.8 Å². The highest BCUT2D eigenvalue weighted by Gasteiger charge is 2.06. The normalized spacial score (nSPS) is 12.1. The number of aliphatic hydroxyl groups excluding tert-OH is 1. The van der Waals surface area contributed by atoms with Gasteiger partial charge >= 0.3 is 0 Å². The maximum Gasteiger partial charge on any atom is 0.122 e. The summed E-state index contributed by atoms with van der Waals surface area (Å²) in [6, 6.07) is 7.85. The zero-order valence-corrected chi connectivity index (χ0v) is 11.1. The van der Waals surface area contributed by atoms with Crippen molar-refractivity contribution in [1.82, 2.24) is 5.32 Å². The Balaban J connectivity index is 2.40. The van der Waals surface area contributed by atoms with Gasteiger partial charge in [0, 0.05) is 6.54 Å². The molecule has 3 heteroatoms. The Bertz CT molecular complexity index is 352. The number of rotatable bonds is 9. The Labute approximate surface area is 109 Å². The summed E-state index contributed by atoms with van der Waals surface area (Å²) in [6.07, 6.45) is 3.21. The summed E-state index contributed by atoms with van der Waals surface area (Å²) in [6.45, 7) is 7.62. The van der Waals surface area contributed by atoms with Crippen LogP contribution in [-0.4, -0.2) is 30.9 Å². The number of hydrogen-bond donors (Lipinski definition) is 2. The number of hydrogen-bond acceptors (Lipinski definition) is 3. The van der Waals surface area contributed by atoms with Gasteiger partial charge in [0.05, 0.1) is 0 Å². The summed E-state index contributed by atoms with van der Waals surface area (Å²) in [5.74, 6) is 0.826. The van der Waals surface area contributed by atoms with Crippen molar-refractivity contribution in [2.75, 3.05) is 19.7 Å². The van der Waals surface area contributed by atoms with E-state index in [1.807, 2.05) is 30.3 Å². The highest BCUT2D eigenvalue weighted by Crippen LogP contribution is 2.18. The summed E-state index contributed by atoms with van der Waals surface area (Å²) in [7, 11) is 0. The van der Waals surface area contributed by atoms with Crippen LogP contribution in [0.4, 0.5) is 0 Å². The minimum absolute atomic E-state index is 0.310. The average Bonchev–Trinajstić information content (AvgIpc) is 2.38. The molecule has 0 aromatic heterocycles. The summed E-state index contributed by atoms with van der Waals surface area (Å²) in [5, 5.41) is 12.9. The molecule has 0 bridgehead atoms. The van der Waals surface area contributed by atoms with E-state index < -0.39 is 6.10 Å². The summed E-state index contributed by atoms with van der Waals surface area (Å²) < 4.78 is 5.64. The molecule has 1 rings (SSSR count). The van der Waals surface area contributed by atoms with Crippen LogP contribution in [0.1, 0.15) is 18.9 Å². The van der Waals surface area contributed by atoms with Crippen LogP contribution in [0.25, 0.3) is 0 Å². The van der Waals surface area contributed by atoms with E-state index >= 15 is 0 Å². The molecule has 0 amide bonds. The maximum absolute atomic E-state index is 9.75. The zero-order chi connectivity index (χ0) is 13.2. The zero-order valence-electron chi connectivity index (χ0n) is 11.1. The van der Waals surface area contributed by atoms with Crippen molar-refractivity contribution < 1.29 is 9.84 Å². The van der Waals surface area contributed by atoms with Gasteiger partial charge in [-0.05, 0) is 31.0 Å². The van der Waals surface area contributed by atoms with E-state index in [1.54, 1.807) is 0 Å². The minimum Gasteiger partial charge on any atom is -0.491 e. The van der Waals surface area contributed by atoms with Crippen LogP contribution in [0.3, 0.4) is 0 Å². The molecular weight excluding hydrogens is 226 g/mol. The molecule has 1 aromatic rings. The van der Waals surface area contributed by atoms with Crippen molar-refractivity contribution in [3.8, 4) is 5.75 Å². The van der Waals surface area contributed by atoms with Crippen molar-refractivity contribution in [3.05, 3.63) is 42.5 Å². The highest BCUT2D eigenvalue weighted by molar-refractivity contribution is 5.34. The molecule has 1 atom stereocenters. The molecule has 0 saturated carbocycles. The quantitative estimate of drug-likeness (QED) is 0.520. The van der Waals surface area contributed by atoms with Gasteiger partial charge < -0.3 is 15.2 Å². The van der Waals surface area contributed by atoms with Crippen molar-refractivity contribution >= 4 is 0 Å². The number of benzene rings is 1. The molecular formula is C15H23NO2. The molecule has 0 radical (unpaired) electrons. The first-order chi connectivity index (χ1) is 8.77. The van der Waals surface area contributed by atoms with Gasteiger partial charge in [0.15, 0.2) is 0 Å². The smallest absolute Gasteiger partial charge is 0.122 e.